The van der Waals surface area contributed by atoms with Crippen molar-refractivity contribution in [2.75, 3.05) is 32.1 Å². The van der Waals surface area contributed by atoms with Crippen molar-refractivity contribution in [3.8, 4) is 0 Å². The van der Waals surface area contributed by atoms with Gasteiger partial charge in [-0.05, 0) is 68.4 Å². The first kappa shape index (κ1) is 26.8. The van der Waals surface area contributed by atoms with Crippen LogP contribution in [-0.2, 0) is 27.7 Å². The Labute approximate surface area is 217 Å². The molecule has 1 N–H and O–H groups in total. The van der Waals surface area contributed by atoms with E-state index in [-0.39, 0.29) is 4.90 Å². The van der Waals surface area contributed by atoms with E-state index in [4.69, 9.17) is 4.74 Å². The number of ether oxygens (including phenoxy) is 1. The van der Waals surface area contributed by atoms with E-state index in [1.54, 1.807) is 4.31 Å². The summed E-state index contributed by atoms with van der Waals surface area (Å²) in [6.45, 7) is 11.0. The summed E-state index contributed by atoms with van der Waals surface area (Å²) in [5.74, 6) is -0.250. The number of fused-ring (bicyclic) bond motifs is 1. The lowest BCUT2D eigenvalue weighted by Gasteiger charge is -2.34. The zero-order chi connectivity index (χ0) is 26.2. The van der Waals surface area contributed by atoms with Crippen molar-refractivity contribution in [1.29, 1.82) is 0 Å². The molecule has 0 saturated carbocycles. The fourth-order valence-corrected chi connectivity index (χ4v) is 8.11. The molecule has 0 aliphatic carbocycles. The maximum absolute atomic E-state index is 13.2. The summed E-state index contributed by atoms with van der Waals surface area (Å²) >= 11 is 1.40. The van der Waals surface area contributed by atoms with Gasteiger partial charge in [-0.15, -0.1) is 11.3 Å². The van der Waals surface area contributed by atoms with Crippen molar-refractivity contribution in [1.82, 2.24) is 9.21 Å². The van der Waals surface area contributed by atoms with Gasteiger partial charge in [0.05, 0.1) is 17.6 Å². The third kappa shape index (κ3) is 5.37. The van der Waals surface area contributed by atoms with E-state index < -0.39 is 21.9 Å². The number of esters is 1. The molecule has 1 saturated heterocycles. The summed E-state index contributed by atoms with van der Waals surface area (Å²) in [6.07, 6.45) is 1.73. The number of anilines is 1. The van der Waals surface area contributed by atoms with Crippen LogP contribution in [0.3, 0.4) is 0 Å². The monoisotopic (exact) mass is 533 g/mol. The van der Waals surface area contributed by atoms with Gasteiger partial charge in [0.1, 0.15) is 5.00 Å². The van der Waals surface area contributed by atoms with Crippen molar-refractivity contribution >= 4 is 38.2 Å². The molecule has 4 rings (SSSR count). The SMILES string of the molecule is COC(=O)c1c(NC(=O)c2ccc(S(=O)(=O)N3C[C@@H](C)C[C@H](C)C3)cc2)sc2c1CCN(C(C)C)C2. The van der Waals surface area contributed by atoms with Crippen LogP contribution in [-0.4, -0.2) is 62.3 Å². The van der Waals surface area contributed by atoms with E-state index in [1.165, 1.54) is 42.7 Å². The normalized spacial score (nSPS) is 21.3. The fourth-order valence-electron chi connectivity index (χ4n) is 5.17. The topological polar surface area (TPSA) is 96.0 Å². The average molecular weight is 534 g/mol. The van der Waals surface area contributed by atoms with Gasteiger partial charge >= 0.3 is 5.97 Å². The summed E-state index contributed by atoms with van der Waals surface area (Å²) in [6, 6.07) is 6.38. The van der Waals surface area contributed by atoms with E-state index in [0.717, 1.165) is 30.0 Å². The molecular formula is C26H35N3O5S2. The molecule has 0 radical (unpaired) electrons. The van der Waals surface area contributed by atoms with E-state index in [2.05, 4.69) is 37.9 Å². The molecule has 2 aliphatic heterocycles. The summed E-state index contributed by atoms with van der Waals surface area (Å²) in [5, 5.41) is 3.34. The van der Waals surface area contributed by atoms with Gasteiger partial charge in [0, 0.05) is 42.7 Å². The minimum absolute atomic E-state index is 0.177. The molecule has 1 fully saturated rings. The number of methoxy groups -OCH3 is 1. The van der Waals surface area contributed by atoms with E-state index in [9.17, 15) is 18.0 Å². The Morgan fingerprint density at radius 1 is 1.11 bits per heavy atom. The van der Waals surface area contributed by atoms with Gasteiger partial charge in [0.15, 0.2) is 0 Å². The van der Waals surface area contributed by atoms with Crippen LogP contribution in [0.4, 0.5) is 5.00 Å². The summed E-state index contributed by atoms with van der Waals surface area (Å²) in [7, 11) is -2.29. The van der Waals surface area contributed by atoms with Crippen LogP contribution in [0.15, 0.2) is 29.2 Å². The Balaban J connectivity index is 1.54. The first-order chi connectivity index (χ1) is 17.0. The minimum atomic E-state index is -3.63. The molecule has 0 bridgehead atoms. The summed E-state index contributed by atoms with van der Waals surface area (Å²) < 4.78 is 32.9. The summed E-state index contributed by atoms with van der Waals surface area (Å²) in [5.41, 5.74) is 1.67. The van der Waals surface area contributed by atoms with Crippen LogP contribution in [0.25, 0.3) is 0 Å². The number of rotatable bonds is 6. The third-order valence-corrected chi connectivity index (χ3v) is 10.0. The van der Waals surface area contributed by atoms with Crippen molar-refractivity contribution < 1.29 is 22.7 Å². The molecule has 8 nitrogen and oxygen atoms in total. The van der Waals surface area contributed by atoms with Crippen LogP contribution in [0.1, 0.15) is 65.3 Å². The summed E-state index contributed by atoms with van der Waals surface area (Å²) in [4.78, 5) is 29.2. The van der Waals surface area contributed by atoms with Crippen LogP contribution >= 0.6 is 11.3 Å². The number of carbonyl (C=O) groups excluding carboxylic acids is 2. The number of piperidine rings is 1. The molecule has 1 aromatic heterocycles. The van der Waals surface area contributed by atoms with Crippen molar-refractivity contribution in [3.63, 3.8) is 0 Å². The lowest BCUT2D eigenvalue weighted by molar-refractivity contribution is 0.0600. The maximum atomic E-state index is 13.2. The standard InChI is InChI=1S/C26H35N3O5S2/c1-16(2)28-11-10-21-22(15-28)35-25(23(21)26(31)34-5)27-24(30)19-6-8-20(9-7-19)36(32,33)29-13-17(3)12-18(4)14-29/h6-9,16-18H,10-15H2,1-5H3,(H,27,30)/t17-,18-/m0/s1. The first-order valence-electron chi connectivity index (χ1n) is 12.4. The highest BCUT2D eigenvalue weighted by atomic mass is 32.2. The molecule has 3 heterocycles. The highest BCUT2D eigenvalue weighted by Gasteiger charge is 2.32. The Morgan fingerprint density at radius 2 is 1.75 bits per heavy atom. The van der Waals surface area contributed by atoms with Gasteiger partial charge in [0.25, 0.3) is 5.91 Å². The van der Waals surface area contributed by atoms with Crippen LogP contribution in [0.2, 0.25) is 0 Å². The second kappa shape index (κ2) is 10.6. The van der Waals surface area contributed by atoms with Gasteiger partial charge in [0.2, 0.25) is 10.0 Å². The highest BCUT2D eigenvalue weighted by Crippen LogP contribution is 2.38. The second-order valence-corrected chi connectivity index (χ2v) is 13.3. The Bertz CT molecular complexity index is 1230. The van der Waals surface area contributed by atoms with Crippen molar-refractivity contribution in [2.24, 2.45) is 11.8 Å². The largest absolute Gasteiger partial charge is 0.465 e. The van der Waals surface area contributed by atoms with Gasteiger partial charge in [-0.2, -0.15) is 4.31 Å². The van der Waals surface area contributed by atoms with E-state index in [0.29, 0.717) is 53.5 Å². The van der Waals surface area contributed by atoms with E-state index in [1.807, 2.05) is 0 Å². The highest BCUT2D eigenvalue weighted by molar-refractivity contribution is 7.89. The zero-order valence-corrected chi connectivity index (χ0v) is 23.2. The van der Waals surface area contributed by atoms with Crippen LogP contribution in [0, 0.1) is 11.8 Å². The third-order valence-electron chi connectivity index (χ3n) is 7.02. The predicted molar refractivity (Wildman–Crippen MR) is 141 cm³/mol. The number of nitrogens with one attached hydrogen (secondary N) is 1. The first-order valence-corrected chi connectivity index (χ1v) is 14.6. The molecule has 10 heteroatoms. The zero-order valence-electron chi connectivity index (χ0n) is 21.5. The maximum Gasteiger partial charge on any atom is 0.341 e. The molecule has 1 aromatic carbocycles. The van der Waals surface area contributed by atoms with Gasteiger partial charge < -0.3 is 10.1 Å². The van der Waals surface area contributed by atoms with Crippen LogP contribution < -0.4 is 5.32 Å². The number of nitrogens with zero attached hydrogens (tertiary/aromatic N) is 2. The molecule has 2 aliphatic rings. The number of amides is 1. The van der Waals surface area contributed by atoms with E-state index >= 15 is 0 Å². The number of hydrogen-bond acceptors (Lipinski definition) is 7. The number of sulfonamides is 1. The molecule has 0 spiro atoms. The average Bonchev–Trinajstić information content (AvgIpc) is 3.19. The van der Waals surface area contributed by atoms with Gasteiger partial charge in [-0.1, -0.05) is 13.8 Å². The quantitative estimate of drug-likeness (QED) is 0.559. The molecule has 36 heavy (non-hydrogen) atoms. The molecule has 2 aromatic rings. The van der Waals surface area contributed by atoms with Gasteiger partial charge in [-0.25, -0.2) is 13.2 Å². The molecule has 196 valence electrons. The molecule has 1 amide bonds. The minimum Gasteiger partial charge on any atom is -0.465 e. The Hall–Kier alpha value is -2.27. The predicted octanol–water partition coefficient (Wildman–Crippen LogP) is 4.22. The second-order valence-electron chi connectivity index (χ2n) is 10.3. The van der Waals surface area contributed by atoms with Crippen molar-refractivity contribution in [2.45, 2.75) is 58.0 Å². The van der Waals surface area contributed by atoms with Gasteiger partial charge in [-0.3, -0.25) is 9.69 Å². The molecule has 0 unspecified atom stereocenters. The number of benzene rings is 1. The smallest absolute Gasteiger partial charge is 0.341 e. The molecular weight excluding hydrogens is 498 g/mol. The lowest BCUT2D eigenvalue weighted by atomic mass is 9.94. The molecule has 2 atom stereocenters. The number of thiophene rings is 1. The Kier molecular flexibility index (Phi) is 7.89. The fraction of sp³-hybridized carbons (Fsp3) is 0.538. The number of carbonyl (C=O) groups is 2. The van der Waals surface area contributed by atoms with Crippen LogP contribution in [0.5, 0.6) is 0 Å². The number of hydrogen-bond donors (Lipinski definition) is 1. The Morgan fingerprint density at radius 3 is 2.33 bits per heavy atom. The van der Waals surface area contributed by atoms with Crippen molar-refractivity contribution in [3.05, 3.63) is 45.8 Å². The lowest BCUT2D eigenvalue weighted by Crippen LogP contribution is -2.42.